The van der Waals surface area contributed by atoms with E-state index in [0.717, 1.165) is 0 Å². The van der Waals surface area contributed by atoms with Crippen LogP contribution in [0.5, 0.6) is 17.2 Å². The molecule has 12 heteroatoms. The number of aliphatic hydroxyl groups excluding tert-OH is 1. The Morgan fingerprint density at radius 2 is 1.78 bits per heavy atom. The highest BCUT2D eigenvalue weighted by Crippen LogP contribution is 2.52. The van der Waals surface area contributed by atoms with E-state index < -0.39 is 59.3 Å². The molecule has 6 rings (SSSR count). The first kappa shape index (κ1) is 31.9. The van der Waals surface area contributed by atoms with Crippen molar-refractivity contribution in [1.29, 1.82) is 0 Å². The number of thiocarbonyl (C=S) groups is 1. The number of hydrogen-bond acceptors (Lipinski definition) is 12. The number of ketones is 3. The summed E-state index contributed by atoms with van der Waals surface area (Å²) in [5.74, 6) is -2.58. The third-order valence-electron chi connectivity index (χ3n) is 9.03. The van der Waals surface area contributed by atoms with Crippen molar-refractivity contribution in [3.05, 3.63) is 87.5 Å². The van der Waals surface area contributed by atoms with Crippen LogP contribution in [0.4, 0.5) is 0 Å². The summed E-state index contributed by atoms with van der Waals surface area (Å²) in [6.07, 6.45) is -4.51. The van der Waals surface area contributed by atoms with Crippen LogP contribution in [0.2, 0.25) is 0 Å². The Balaban J connectivity index is 1.42. The van der Waals surface area contributed by atoms with E-state index in [-0.39, 0.29) is 75.6 Å². The zero-order valence-corrected chi connectivity index (χ0v) is 25.9. The van der Waals surface area contributed by atoms with Crippen molar-refractivity contribution in [3.63, 3.8) is 0 Å². The number of benzene rings is 3. The van der Waals surface area contributed by atoms with Crippen LogP contribution in [0.15, 0.2) is 48.5 Å². The molecule has 0 amide bonds. The van der Waals surface area contributed by atoms with Crippen molar-refractivity contribution < 1.29 is 49.0 Å². The Morgan fingerprint density at radius 3 is 2.46 bits per heavy atom. The van der Waals surface area contributed by atoms with Crippen molar-refractivity contribution >= 4 is 34.4 Å². The van der Waals surface area contributed by atoms with E-state index >= 15 is 0 Å². The van der Waals surface area contributed by atoms with Crippen molar-refractivity contribution in [3.8, 4) is 17.2 Å². The topological polar surface area (TPSA) is 186 Å². The van der Waals surface area contributed by atoms with Crippen molar-refractivity contribution in [2.24, 2.45) is 5.73 Å². The van der Waals surface area contributed by atoms with Gasteiger partial charge in [0.25, 0.3) is 0 Å². The molecule has 6 N–H and O–H groups in total. The lowest BCUT2D eigenvalue weighted by atomic mass is 9.72. The van der Waals surface area contributed by atoms with Crippen molar-refractivity contribution in [2.45, 2.75) is 69.4 Å². The second-order valence-corrected chi connectivity index (χ2v) is 12.4. The molecule has 1 fully saturated rings. The number of aliphatic hydroxyl groups is 2. The number of rotatable bonds is 7. The Morgan fingerprint density at radius 1 is 1.07 bits per heavy atom. The van der Waals surface area contributed by atoms with Crippen LogP contribution >= 0.6 is 12.2 Å². The first-order chi connectivity index (χ1) is 21.8. The number of ether oxygens (including phenoxy) is 3. The maximum absolute atomic E-state index is 14.2. The Labute approximate surface area is 269 Å². The lowest BCUT2D eigenvalue weighted by Gasteiger charge is -2.42. The van der Waals surface area contributed by atoms with E-state index in [1.54, 1.807) is 49.4 Å². The summed E-state index contributed by atoms with van der Waals surface area (Å²) in [6, 6.07) is 12.5. The lowest BCUT2D eigenvalue weighted by molar-refractivity contribution is -0.247. The standard InChI is InChI=1S/C34H33NO10S/c1-15-29(38)20(35)11-24(44-15)45-23-13-34(42,16(2)36)12-19-26(23)32(41)27-28(30(19)39)33(46)18-9-6-10-22(25(18)31(27)40)43-14-21(37)17-7-4-3-5-8-17/h3-10,15,20,23-24,29,38-39,41-42H,11-14,35H2,1-2H3/t15?,20?,23-,24?,29?,34-/m0/s1. The number of phenols is 2. The van der Waals surface area contributed by atoms with Gasteiger partial charge >= 0.3 is 0 Å². The molecule has 6 atom stereocenters. The van der Waals surface area contributed by atoms with Gasteiger partial charge < -0.3 is 40.4 Å². The summed E-state index contributed by atoms with van der Waals surface area (Å²) in [5, 5.41) is 45.1. The molecule has 240 valence electrons. The van der Waals surface area contributed by atoms with Crippen LogP contribution in [-0.4, -0.2) is 79.4 Å². The van der Waals surface area contributed by atoms with Gasteiger partial charge in [-0.1, -0.05) is 54.7 Å². The maximum atomic E-state index is 14.2. The van der Waals surface area contributed by atoms with Gasteiger partial charge in [-0.25, -0.2) is 0 Å². The molecular weight excluding hydrogens is 614 g/mol. The highest BCUT2D eigenvalue weighted by Gasteiger charge is 2.49. The Kier molecular flexibility index (Phi) is 8.30. The van der Waals surface area contributed by atoms with Gasteiger partial charge in [0.05, 0.1) is 39.9 Å². The minimum absolute atomic E-state index is 0.00199. The summed E-state index contributed by atoms with van der Waals surface area (Å²) in [6.45, 7) is 2.45. The number of hydrogen-bond donors (Lipinski definition) is 5. The van der Waals surface area contributed by atoms with Crippen LogP contribution in [0, 0.1) is 0 Å². The van der Waals surface area contributed by atoms with Crippen molar-refractivity contribution in [1.82, 2.24) is 0 Å². The van der Waals surface area contributed by atoms with E-state index in [1.165, 1.54) is 13.0 Å². The summed E-state index contributed by atoms with van der Waals surface area (Å²) in [4.78, 5) is 39.6. The van der Waals surface area contributed by atoms with Gasteiger partial charge in [0, 0.05) is 47.6 Å². The molecule has 0 spiro atoms. The molecule has 3 aromatic rings. The van der Waals surface area contributed by atoms with E-state index in [4.69, 9.17) is 32.2 Å². The van der Waals surface area contributed by atoms with E-state index in [9.17, 15) is 34.8 Å². The normalized spacial score (nSPS) is 26.9. The fourth-order valence-corrected chi connectivity index (χ4v) is 6.83. The van der Waals surface area contributed by atoms with Gasteiger partial charge in [-0.3, -0.25) is 14.4 Å². The molecule has 0 bridgehead atoms. The predicted octanol–water partition coefficient (Wildman–Crippen LogP) is 2.82. The quantitative estimate of drug-likeness (QED) is 0.112. The number of nitrogens with two attached hydrogens (primary N) is 1. The highest BCUT2D eigenvalue weighted by atomic mass is 32.1. The maximum Gasteiger partial charge on any atom is 0.201 e. The molecular formula is C34H33NO10S. The molecule has 1 saturated heterocycles. The highest BCUT2D eigenvalue weighted by molar-refractivity contribution is 7.81. The van der Waals surface area contributed by atoms with E-state index in [1.807, 2.05) is 0 Å². The smallest absolute Gasteiger partial charge is 0.201 e. The first-order valence-corrected chi connectivity index (χ1v) is 15.2. The number of phenolic OH excluding ortho intramolecular Hbond substituents is 2. The second kappa shape index (κ2) is 12.0. The summed E-state index contributed by atoms with van der Waals surface area (Å²) in [5.41, 5.74) is 4.35. The summed E-state index contributed by atoms with van der Waals surface area (Å²) in [7, 11) is 0. The molecule has 3 aromatic carbocycles. The number of carbonyl (C=O) groups is 3. The largest absolute Gasteiger partial charge is 0.507 e. The monoisotopic (exact) mass is 647 g/mol. The number of Topliss-reactive ketones (excluding diaryl/α,β-unsaturated/α-hetero) is 2. The van der Waals surface area contributed by atoms with Crippen LogP contribution in [0.3, 0.4) is 0 Å². The molecule has 0 aromatic heterocycles. The number of aromatic hydroxyl groups is 2. The molecule has 3 aliphatic rings. The fraction of sp³-hybridized carbons (Fsp3) is 0.353. The number of carbonyl (C=O) groups excluding carboxylic acids is 3. The fourth-order valence-electron chi connectivity index (χ4n) is 6.46. The Hall–Kier alpha value is -4.04. The van der Waals surface area contributed by atoms with Gasteiger partial charge in [-0.05, 0) is 19.9 Å². The molecule has 2 aliphatic carbocycles. The molecule has 0 saturated carbocycles. The zero-order valence-electron chi connectivity index (χ0n) is 25.1. The molecule has 1 heterocycles. The van der Waals surface area contributed by atoms with E-state index in [0.29, 0.717) is 5.56 Å². The minimum atomic E-state index is -1.98. The zero-order chi connectivity index (χ0) is 33.1. The first-order valence-electron chi connectivity index (χ1n) is 14.8. The third kappa shape index (κ3) is 5.30. The van der Waals surface area contributed by atoms with Crippen LogP contribution in [0.1, 0.15) is 81.3 Å². The van der Waals surface area contributed by atoms with Gasteiger partial charge in [0.2, 0.25) is 5.78 Å². The van der Waals surface area contributed by atoms with Gasteiger partial charge in [-0.15, -0.1) is 0 Å². The second-order valence-electron chi connectivity index (χ2n) is 12.0. The summed E-state index contributed by atoms with van der Waals surface area (Å²) < 4.78 is 17.8. The average molecular weight is 648 g/mol. The predicted molar refractivity (Wildman–Crippen MR) is 167 cm³/mol. The average Bonchev–Trinajstić information content (AvgIpc) is 3.02. The van der Waals surface area contributed by atoms with Gasteiger partial charge in [0.15, 0.2) is 24.5 Å². The molecule has 1 aliphatic heterocycles. The van der Waals surface area contributed by atoms with Crippen LogP contribution in [-0.2, 0) is 20.7 Å². The molecule has 0 radical (unpaired) electrons. The van der Waals surface area contributed by atoms with Crippen LogP contribution in [0.25, 0.3) is 0 Å². The SMILES string of the molecule is CC(=O)[C@]1(O)Cc2c(O)c3c(c(O)c2[C@@H](OC2CC(N)C(O)C(C)O2)C1)C(=O)c1c(OCC(=O)c2ccccc2)cccc1C3=S. The van der Waals surface area contributed by atoms with Crippen LogP contribution < -0.4 is 10.5 Å². The summed E-state index contributed by atoms with van der Waals surface area (Å²) >= 11 is 5.73. The number of fused-ring (bicyclic) bond motifs is 3. The molecule has 46 heavy (non-hydrogen) atoms. The minimum Gasteiger partial charge on any atom is -0.507 e. The van der Waals surface area contributed by atoms with E-state index in [2.05, 4.69) is 0 Å². The Bertz CT molecular complexity index is 1760. The third-order valence-corrected chi connectivity index (χ3v) is 9.46. The lowest BCUT2D eigenvalue weighted by Crippen LogP contribution is -2.52. The van der Waals surface area contributed by atoms with Gasteiger partial charge in [-0.2, -0.15) is 0 Å². The van der Waals surface area contributed by atoms with Gasteiger partial charge in [0.1, 0.15) is 22.8 Å². The van der Waals surface area contributed by atoms with Crippen molar-refractivity contribution in [2.75, 3.05) is 6.61 Å². The molecule has 4 unspecified atom stereocenters. The molecule has 11 nitrogen and oxygen atoms in total.